The van der Waals surface area contributed by atoms with E-state index >= 15 is 0 Å². The highest BCUT2D eigenvalue weighted by Gasteiger charge is 2.34. The molecular weight excluding hydrogens is 378 g/mol. The molecule has 4 rings (SSSR count). The second-order valence-corrected chi connectivity index (χ2v) is 7.36. The van der Waals surface area contributed by atoms with Gasteiger partial charge in [-0.15, -0.1) is 5.10 Å². The number of carbonyl (C=O) groups is 1. The molecule has 1 amide bonds. The monoisotopic (exact) mass is 395 g/mol. The molecule has 0 saturated heterocycles. The lowest BCUT2D eigenvalue weighted by atomic mass is 10.1. The molecule has 9 heteroatoms. The lowest BCUT2D eigenvalue weighted by Crippen LogP contribution is -2.50. The summed E-state index contributed by atoms with van der Waals surface area (Å²) in [5.41, 5.74) is 0.960. The number of thioether (sulfide) groups is 1. The van der Waals surface area contributed by atoms with Gasteiger partial charge in [0.1, 0.15) is 5.70 Å². The van der Waals surface area contributed by atoms with Crippen molar-refractivity contribution in [2.45, 2.75) is 19.5 Å². The number of nitrogens with one attached hydrogen (secondary N) is 1. The smallest absolute Gasteiger partial charge is 0.276 e. The van der Waals surface area contributed by atoms with Crippen molar-refractivity contribution in [1.82, 2.24) is 10.3 Å². The highest BCUT2D eigenvalue weighted by molar-refractivity contribution is 8.13. The molecule has 2 aliphatic heterocycles. The molecule has 0 aliphatic carbocycles. The van der Waals surface area contributed by atoms with Gasteiger partial charge in [-0.3, -0.25) is 25.2 Å². The van der Waals surface area contributed by atoms with Crippen molar-refractivity contribution in [3.63, 3.8) is 0 Å². The van der Waals surface area contributed by atoms with E-state index < -0.39 is 11.1 Å². The first-order valence-corrected chi connectivity index (χ1v) is 9.80. The number of nitro benzene ring substituents is 1. The third-order valence-corrected chi connectivity index (χ3v) is 5.41. The summed E-state index contributed by atoms with van der Waals surface area (Å²) in [6.07, 6.45) is 0.283. The zero-order valence-electron chi connectivity index (χ0n) is 15.0. The summed E-state index contributed by atoms with van der Waals surface area (Å²) >= 11 is 1.46. The molecule has 2 heterocycles. The number of amides is 1. The third-order valence-electron chi connectivity index (χ3n) is 4.34. The normalized spacial score (nSPS) is 17.8. The Kier molecular flexibility index (Phi) is 4.82. The van der Waals surface area contributed by atoms with Crippen LogP contribution in [-0.4, -0.2) is 26.8 Å². The summed E-state index contributed by atoms with van der Waals surface area (Å²) in [6, 6.07) is 13.6. The van der Waals surface area contributed by atoms with E-state index in [1.165, 1.54) is 23.9 Å². The Bertz CT molecular complexity index is 1110. The van der Waals surface area contributed by atoms with Crippen molar-refractivity contribution in [2.24, 2.45) is 10.1 Å². The van der Waals surface area contributed by atoms with E-state index in [-0.39, 0.29) is 11.6 Å². The first kappa shape index (κ1) is 18.2. The van der Waals surface area contributed by atoms with Gasteiger partial charge in [-0.1, -0.05) is 49.0 Å². The number of carbonyl (C=O) groups excluding carboxylic acids is 1. The van der Waals surface area contributed by atoms with Crippen molar-refractivity contribution in [1.29, 1.82) is 0 Å². The minimum atomic E-state index is -0.659. The van der Waals surface area contributed by atoms with Gasteiger partial charge in [0.05, 0.1) is 10.3 Å². The SMILES string of the molecule is CCCSC1=NN2C(=c3ccccc3=N[C@H]2c2cccc([N+](=O)[O-])c2)C(=O)N1. The molecule has 0 bridgehead atoms. The predicted molar refractivity (Wildman–Crippen MR) is 107 cm³/mol. The molecular formula is C19H17N5O3S. The van der Waals surface area contributed by atoms with Gasteiger partial charge in [-0.25, -0.2) is 5.01 Å². The molecule has 2 aromatic rings. The van der Waals surface area contributed by atoms with Crippen molar-refractivity contribution >= 4 is 34.2 Å². The molecule has 1 N–H and O–H groups in total. The van der Waals surface area contributed by atoms with Crippen LogP contribution >= 0.6 is 11.8 Å². The largest absolute Gasteiger partial charge is 0.298 e. The van der Waals surface area contributed by atoms with Crippen LogP contribution in [0.4, 0.5) is 5.69 Å². The average molecular weight is 395 g/mol. The zero-order chi connectivity index (χ0) is 19.7. The lowest BCUT2D eigenvalue weighted by molar-refractivity contribution is -0.384. The fourth-order valence-electron chi connectivity index (χ4n) is 3.11. The van der Waals surface area contributed by atoms with Crippen LogP contribution in [0.25, 0.3) is 5.70 Å². The summed E-state index contributed by atoms with van der Waals surface area (Å²) in [5.74, 6) is 0.559. The van der Waals surface area contributed by atoms with Gasteiger partial charge in [-0.05, 0) is 12.5 Å². The van der Waals surface area contributed by atoms with E-state index in [1.807, 2.05) is 31.2 Å². The van der Waals surface area contributed by atoms with Crippen LogP contribution in [0.1, 0.15) is 25.1 Å². The number of benzene rings is 2. The second kappa shape index (κ2) is 7.43. The number of para-hydroxylation sites is 1. The number of hydrogen-bond donors (Lipinski definition) is 1. The topological polar surface area (TPSA) is 100 Å². The predicted octanol–water partition coefficient (Wildman–Crippen LogP) is 1.88. The number of hydrogen-bond acceptors (Lipinski definition) is 7. The van der Waals surface area contributed by atoms with Crippen LogP contribution in [0, 0.1) is 10.1 Å². The molecule has 0 unspecified atom stereocenters. The average Bonchev–Trinajstić information content (AvgIpc) is 2.71. The zero-order valence-corrected chi connectivity index (χ0v) is 15.8. The Balaban J connectivity index is 1.89. The van der Waals surface area contributed by atoms with E-state index in [1.54, 1.807) is 17.1 Å². The minimum absolute atomic E-state index is 0.0286. The highest BCUT2D eigenvalue weighted by Crippen LogP contribution is 2.32. The van der Waals surface area contributed by atoms with Crippen LogP contribution in [0.15, 0.2) is 58.6 Å². The van der Waals surface area contributed by atoms with Crippen molar-refractivity contribution < 1.29 is 9.72 Å². The van der Waals surface area contributed by atoms with Gasteiger partial charge in [0.15, 0.2) is 11.3 Å². The van der Waals surface area contributed by atoms with Crippen molar-refractivity contribution in [3.05, 3.63) is 74.8 Å². The van der Waals surface area contributed by atoms with E-state index in [0.29, 0.717) is 27.0 Å². The molecule has 2 aliphatic rings. The van der Waals surface area contributed by atoms with Crippen LogP contribution in [0.2, 0.25) is 0 Å². The number of amidine groups is 1. The number of non-ortho nitro benzene ring substituents is 1. The van der Waals surface area contributed by atoms with Crippen LogP contribution in [0.5, 0.6) is 0 Å². The van der Waals surface area contributed by atoms with Gasteiger partial charge >= 0.3 is 0 Å². The standard InChI is InChI=1S/C19H17N5O3S/c1-2-10-28-19-21-18(25)16-14-8-3-4-9-15(14)20-17(23(16)22-19)12-6-5-7-13(11-12)24(26)27/h3-9,11,17H,2,10H2,1H3,(H,21,22,25)/t17-/m1/s1. The first-order valence-electron chi connectivity index (χ1n) is 8.82. The Morgan fingerprint density at radius 2 is 2.07 bits per heavy atom. The Morgan fingerprint density at radius 1 is 1.25 bits per heavy atom. The number of hydrazone groups is 1. The van der Waals surface area contributed by atoms with Gasteiger partial charge in [0.2, 0.25) is 0 Å². The Labute approximate surface area is 164 Å². The Hall–Kier alpha value is -3.20. The quantitative estimate of drug-likeness (QED) is 0.629. The highest BCUT2D eigenvalue weighted by atomic mass is 32.2. The molecule has 0 fully saturated rings. The van der Waals surface area contributed by atoms with E-state index in [2.05, 4.69) is 10.4 Å². The molecule has 0 saturated carbocycles. The van der Waals surface area contributed by atoms with Gasteiger partial charge in [0.25, 0.3) is 11.6 Å². The maximum absolute atomic E-state index is 12.9. The lowest BCUT2D eigenvalue weighted by Gasteiger charge is -2.34. The van der Waals surface area contributed by atoms with E-state index in [9.17, 15) is 14.9 Å². The molecule has 8 nitrogen and oxygen atoms in total. The van der Waals surface area contributed by atoms with Gasteiger partial charge < -0.3 is 0 Å². The number of fused-ring (bicyclic) bond motifs is 2. The molecule has 0 radical (unpaired) electrons. The van der Waals surface area contributed by atoms with E-state index in [4.69, 9.17) is 4.99 Å². The second-order valence-electron chi connectivity index (χ2n) is 6.27. The fraction of sp³-hybridized carbons (Fsp3) is 0.211. The number of rotatable bonds is 4. The molecule has 28 heavy (non-hydrogen) atoms. The number of nitrogens with zero attached hydrogens (tertiary/aromatic N) is 4. The van der Waals surface area contributed by atoms with Crippen molar-refractivity contribution in [3.8, 4) is 0 Å². The molecule has 2 aromatic carbocycles. The first-order chi connectivity index (χ1) is 13.6. The molecule has 0 aromatic heterocycles. The summed E-state index contributed by atoms with van der Waals surface area (Å²) < 4.78 is 0. The van der Waals surface area contributed by atoms with Crippen LogP contribution < -0.4 is 15.9 Å². The summed E-state index contributed by atoms with van der Waals surface area (Å²) in [6.45, 7) is 2.05. The summed E-state index contributed by atoms with van der Waals surface area (Å²) in [4.78, 5) is 28.4. The summed E-state index contributed by atoms with van der Waals surface area (Å²) in [7, 11) is 0. The summed E-state index contributed by atoms with van der Waals surface area (Å²) in [5, 5.41) is 22.0. The van der Waals surface area contributed by atoms with Crippen LogP contribution in [0.3, 0.4) is 0 Å². The van der Waals surface area contributed by atoms with Crippen LogP contribution in [-0.2, 0) is 4.79 Å². The van der Waals surface area contributed by atoms with E-state index in [0.717, 1.165) is 12.2 Å². The Morgan fingerprint density at radius 3 is 2.86 bits per heavy atom. The van der Waals surface area contributed by atoms with Gasteiger partial charge in [0, 0.05) is 28.7 Å². The molecule has 0 spiro atoms. The van der Waals surface area contributed by atoms with Gasteiger partial charge in [-0.2, -0.15) is 0 Å². The van der Waals surface area contributed by atoms with Crippen molar-refractivity contribution in [2.75, 3.05) is 5.75 Å². The molecule has 142 valence electrons. The maximum Gasteiger partial charge on any atom is 0.276 e. The minimum Gasteiger partial charge on any atom is -0.298 e. The molecule has 1 atom stereocenters. The number of nitro groups is 1. The maximum atomic E-state index is 12.9. The third kappa shape index (κ3) is 3.24. The fourth-order valence-corrected chi connectivity index (χ4v) is 3.82.